The Kier molecular flexibility index (Phi) is 12.8. The van der Waals surface area contributed by atoms with Crippen molar-refractivity contribution in [1.29, 1.82) is 0 Å². The van der Waals surface area contributed by atoms with Gasteiger partial charge >= 0.3 is 94.9 Å². The number of carboxylic acid groups (broad SMARTS) is 1. The Morgan fingerprint density at radius 1 is 1.80 bits per heavy atom. The smallest absolute Gasteiger partial charge is 2.00 e. The molecule has 21 valence electrons. The fourth-order valence-electron chi connectivity index (χ4n) is 0. The molecule has 0 aliphatic heterocycles. The van der Waals surface area contributed by atoms with Crippen LogP contribution in [0.25, 0.3) is 0 Å². The van der Waals surface area contributed by atoms with Gasteiger partial charge in [0.2, 0.25) is 0 Å². The van der Waals surface area contributed by atoms with Gasteiger partial charge in [-0.25, -0.2) is 0 Å². The zero-order valence-corrected chi connectivity index (χ0v) is 10.7. The quantitative estimate of drug-likeness (QED) is 0.510. The van der Waals surface area contributed by atoms with Gasteiger partial charge in [-0.2, -0.15) is 0 Å². The third-order valence-corrected chi connectivity index (χ3v) is 0. The Bertz CT molecular complexity index is 32.6. The van der Waals surface area contributed by atoms with Gasteiger partial charge in [-0.05, 0) is 0 Å². The molecule has 0 aromatic carbocycles. The van der Waals surface area contributed by atoms with Crippen molar-refractivity contribution in [2.45, 2.75) is 0 Å². The van der Waals surface area contributed by atoms with Gasteiger partial charge in [-0.3, -0.25) is 0 Å². The van der Waals surface area contributed by atoms with Crippen LogP contribution in [0.15, 0.2) is 0 Å². The minimum absolute atomic E-state index is 0. The minimum Gasteiger partial charge on any atom is 2.00 e. The molecule has 0 aromatic heterocycles. The largest absolute Gasteiger partial charge is 2.00 e. The van der Waals surface area contributed by atoms with Crippen molar-refractivity contribution in [3.8, 4) is 0 Å². The van der Waals surface area contributed by atoms with Gasteiger partial charge in [-0.15, -0.1) is 0 Å². The molecule has 0 aliphatic rings. The fourth-order valence-corrected chi connectivity index (χ4v) is 0. The van der Waals surface area contributed by atoms with Gasteiger partial charge in [-0.1, -0.05) is 0 Å². The van der Waals surface area contributed by atoms with Crippen molar-refractivity contribution in [2.24, 2.45) is 0 Å². The number of rotatable bonds is 0. The van der Waals surface area contributed by atoms with Crippen molar-refractivity contribution in [3.05, 3.63) is 0 Å². The van der Waals surface area contributed by atoms with Crippen LogP contribution in [-0.4, -0.2) is 51.3 Å². The predicted octanol–water partition coefficient (Wildman–Crippen LogP) is -1.50. The number of carbonyl (C=O) groups is 1. The van der Waals surface area contributed by atoms with Crippen LogP contribution in [0.1, 0.15) is 0 Å². The third-order valence-electron chi connectivity index (χ3n) is 0. The molecule has 0 bridgehead atoms. The van der Waals surface area contributed by atoms with Gasteiger partial charge in [0.1, 0.15) is 0 Å². The Balaban J connectivity index is 0. The summed E-state index contributed by atoms with van der Waals surface area (Å²) in [7, 11) is 0. The summed E-state index contributed by atoms with van der Waals surface area (Å²) in [5.74, 6) is 0. The maximum atomic E-state index is 8.96. The second kappa shape index (κ2) is 6.24. The van der Waals surface area contributed by atoms with Crippen LogP contribution in [0.4, 0.5) is 4.79 Å². The molecule has 0 fully saturated rings. The van der Waals surface area contributed by atoms with E-state index in [1.54, 1.807) is 0 Å². The molecule has 0 radical (unpaired) electrons. The molecule has 5 heavy (non-hydrogen) atoms. The van der Waals surface area contributed by atoms with Crippen LogP contribution in [0.3, 0.4) is 0 Å². The monoisotopic (exact) mass is 321 g/mol. The molecular weight excluding hydrogens is 320 g/mol. The molecule has 0 unspecified atom stereocenters. The molecular formula is CBaLaO2. The third kappa shape index (κ3) is 22.4. The summed E-state index contributed by atoms with van der Waals surface area (Å²) in [6, 6.07) is 0. The van der Waals surface area contributed by atoms with Crippen LogP contribution in [0.2, 0.25) is 0 Å². The standard InChI is InChI=1S/CO2.Ba.La/c2-1-3;;/q-1;+2;-1. The summed E-state index contributed by atoms with van der Waals surface area (Å²) in [6.45, 7) is 0. The van der Waals surface area contributed by atoms with Crippen LogP contribution >= 0.6 is 0 Å². The first-order valence-corrected chi connectivity index (χ1v) is 2.51. The van der Waals surface area contributed by atoms with E-state index < -0.39 is 2.37 Å². The molecule has 0 saturated heterocycles. The first-order valence-electron chi connectivity index (χ1n) is 0.697. The van der Waals surface area contributed by atoms with Crippen molar-refractivity contribution < 1.29 is 43.6 Å². The van der Waals surface area contributed by atoms with Crippen LogP contribution < -0.4 is 5.11 Å². The average molecular weight is 320 g/mol. The van der Waals surface area contributed by atoms with Crippen LogP contribution in [0, 0.1) is 33.7 Å². The topological polar surface area (TPSA) is 40.1 Å². The van der Waals surface area contributed by atoms with E-state index in [1.807, 2.05) is 0 Å². The minimum atomic E-state index is -0.917. The van der Waals surface area contributed by atoms with Crippen molar-refractivity contribution in [3.63, 3.8) is 0 Å². The Hall–Kier alpha value is 2.24. The summed E-state index contributed by atoms with van der Waals surface area (Å²) >= 11 is -0.00926. The van der Waals surface area contributed by atoms with E-state index in [1.165, 1.54) is 0 Å². The summed E-state index contributed by atoms with van der Waals surface area (Å²) < 4.78 is -0.917. The second-order valence-electron chi connectivity index (χ2n) is 0.319. The number of carbonyl (C=O) groups excluding carboxylic acids is 1. The van der Waals surface area contributed by atoms with E-state index in [9.17, 15) is 0 Å². The molecule has 0 atom stereocenters. The molecule has 0 aromatic rings. The van der Waals surface area contributed by atoms with Crippen LogP contribution in [-0.2, 0) is 0 Å². The van der Waals surface area contributed by atoms with Gasteiger partial charge in [0, 0.05) is 0 Å². The van der Waals surface area contributed by atoms with Crippen molar-refractivity contribution >= 4 is 51.3 Å². The molecule has 2 nitrogen and oxygen atoms in total. The Morgan fingerprint density at radius 3 is 1.80 bits per heavy atom. The van der Waals surface area contributed by atoms with Crippen molar-refractivity contribution in [2.75, 3.05) is 0 Å². The molecule has 0 amide bonds. The van der Waals surface area contributed by atoms with E-state index in [0.29, 0.717) is 0 Å². The molecule has 4 heteroatoms. The Labute approximate surface area is 92.4 Å². The summed E-state index contributed by atoms with van der Waals surface area (Å²) in [5, 5.41) is 8.96. The summed E-state index contributed by atoms with van der Waals surface area (Å²) in [4.78, 5) is 8.96. The molecule has 0 aliphatic carbocycles. The maximum Gasteiger partial charge on any atom is 2.00 e. The van der Waals surface area contributed by atoms with Gasteiger partial charge in [0.05, 0.1) is 0 Å². The summed E-state index contributed by atoms with van der Waals surface area (Å²) in [5.41, 5.74) is 0. The normalized spacial score (nSPS) is 4.60. The molecule has 0 rings (SSSR count). The van der Waals surface area contributed by atoms with Gasteiger partial charge in [0.15, 0.2) is 0 Å². The predicted molar refractivity (Wildman–Crippen MR) is 11.1 cm³/mol. The van der Waals surface area contributed by atoms with E-state index in [0.717, 1.165) is 0 Å². The first kappa shape index (κ1) is 10.3. The SMILES string of the molecule is O=[C]([O-])[La-].[Ba+2]. The summed E-state index contributed by atoms with van der Waals surface area (Å²) in [6.07, 6.45) is 0. The number of hydrogen-bond acceptors (Lipinski definition) is 2. The first-order chi connectivity index (χ1) is 1.73. The van der Waals surface area contributed by atoms with E-state index >= 15 is 0 Å². The molecule has 0 heterocycles. The zero-order chi connectivity index (χ0) is 3.58. The second-order valence-corrected chi connectivity index (χ2v) is 1.80. The fraction of sp³-hybridized carbons (Fsp3) is 0. The van der Waals surface area contributed by atoms with Crippen LogP contribution in [0.5, 0.6) is 0 Å². The molecule has 0 spiro atoms. The van der Waals surface area contributed by atoms with Gasteiger partial charge in [0.25, 0.3) is 0 Å². The molecule has 0 N–H and O–H groups in total. The zero-order valence-electron chi connectivity index (χ0n) is 2.60. The van der Waals surface area contributed by atoms with Crippen molar-refractivity contribution in [1.82, 2.24) is 0 Å². The molecule has 0 saturated carbocycles. The maximum absolute atomic E-state index is 8.96. The van der Waals surface area contributed by atoms with E-state index in [-0.39, 0.29) is 82.6 Å². The van der Waals surface area contributed by atoms with E-state index in [4.69, 9.17) is 9.90 Å². The average Bonchev–Trinajstić information content (AvgIpc) is 0.811. The van der Waals surface area contributed by atoms with Gasteiger partial charge < -0.3 is 0 Å². The Morgan fingerprint density at radius 2 is 1.80 bits per heavy atom. The number of hydrogen-bond donors (Lipinski definition) is 0. The van der Waals surface area contributed by atoms with E-state index in [2.05, 4.69) is 0 Å².